The number of fused-ring (bicyclic) bond motifs is 1. The Morgan fingerprint density at radius 3 is 3.00 bits per heavy atom. The van der Waals surface area contributed by atoms with Crippen molar-refractivity contribution in [2.45, 2.75) is 13.0 Å². The molecule has 0 aliphatic carbocycles. The van der Waals surface area contributed by atoms with E-state index in [-0.39, 0.29) is 0 Å². The van der Waals surface area contributed by atoms with E-state index in [0.717, 1.165) is 29.0 Å². The maximum Gasteiger partial charge on any atom is 0.125 e. The minimum absolute atomic E-state index is 0.970. The number of benzene rings is 1. The highest BCUT2D eigenvalue weighted by Gasteiger charge is 2.16. The maximum atomic E-state index is 4.73. The minimum Gasteiger partial charge on any atom is -0.311 e. The van der Waals surface area contributed by atoms with Crippen molar-refractivity contribution in [3.05, 3.63) is 39.3 Å². The number of hydrogen-bond donors (Lipinski definition) is 1. The van der Waals surface area contributed by atoms with Gasteiger partial charge in [-0.2, -0.15) is 0 Å². The number of halogens is 1. The van der Waals surface area contributed by atoms with Crippen LogP contribution in [0.1, 0.15) is 10.6 Å². The third-order valence-corrected chi connectivity index (χ3v) is 4.53. The van der Waals surface area contributed by atoms with Crippen LogP contribution in [-0.4, -0.2) is 11.5 Å². The summed E-state index contributed by atoms with van der Waals surface area (Å²) >= 11 is 5.38. The van der Waals surface area contributed by atoms with E-state index in [1.54, 1.807) is 11.3 Å². The fraction of sp³-hybridized carbons (Fsp3) is 0.250. The van der Waals surface area contributed by atoms with Crippen molar-refractivity contribution in [2.24, 2.45) is 0 Å². The highest BCUT2D eigenvalue weighted by atomic mass is 79.9. The van der Waals surface area contributed by atoms with Gasteiger partial charge in [-0.15, -0.1) is 11.3 Å². The summed E-state index contributed by atoms with van der Waals surface area (Å²) < 4.78 is 1.12. The van der Waals surface area contributed by atoms with E-state index in [2.05, 4.69) is 39.4 Å². The average molecular weight is 295 g/mol. The summed E-state index contributed by atoms with van der Waals surface area (Å²) in [4.78, 5) is 6.12. The molecule has 0 spiro atoms. The molecule has 0 amide bonds. The standard InChI is InChI=1S/C12H11BrN2S/c13-9-4-2-1-3-8(9)12-15-10-5-6-14-7-11(10)16-12/h1-4,14H,5-7H2. The Hall–Kier alpha value is -0.710. The van der Waals surface area contributed by atoms with Gasteiger partial charge in [0.1, 0.15) is 5.01 Å². The van der Waals surface area contributed by atoms with E-state index < -0.39 is 0 Å². The topological polar surface area (TPSA) is 24.9 Å². The highest BCUT2D eigenvalue weighted by molar-refractivity contribution is 9.10. The van der Waals surface area contributed by atoms with Crippen molar-refractivity contribution in [2.75, 3.05) is 6.54 Å². The third-order valence-electron chi connectivity index (χ3n) is 2.71. The zero-order valence-corrected chi connectivity index (χ0v) is 11.1. The van der Waals surface area contributed by atoms with Gasteiger partial charge in [-0.3, -0.25) is 0 Å². The molecule has 2 heterocycles. The number of aromatic nitrogens is 1. The summed E-state index contributed by atoms with van der Waals surface area (Å²) in [5.74, 6) is 0. The number of nitrogens with zero attached hydrogens (tertiary/aromatic N) is 1. The van der Waals surface area contributed by atoms with Gasteiger partial charge in [0.15, 0.2) is 0 Å². The second-order valence-corrected chi connectivity index (χ2v) is 5.73. The van der Waals surface area contributed by atoms with Crippen LogP contribution in [0.3, 0.4) is 0 Å². The summed E-state index contributed by atoms with van der Waals surface area (Å²) in [7, 11) is 0. The Bertz CT molecular complexity index is 498. The summed E-state index contributed by atoms with van der Waals surface area (Å²) in [6, 6.07) is 8.26. The lowest BCUT2D eigenvalue weighted by molar-refractivity contribution is 0.644. The first kappa shape index (κ1) is 10.4. The second-order valence-electron chi connectivity index (χ2n) is 3.80. The van der Waals surface area contributed by atoms with E-state index in [9.17, 15) is 0 Å². The smallest absolute Gasteiger partial charge is 0.125 e. The van der Waals surface area contributed by atoms with Crippen molar-refractivity contribution >= 4 is 27.3 Å². The van der Waals surface area contributed by atoms with Crippen LogP contribution in [0.25, 0.3) is 10.6 Å². The van der Waals surface area contributed by atoms with Crippen molar-refractivity contribution in [3.8, 4) is 10.6 Å². The SMILES string of the molecule is Brc1ccccc1-c1nc2c(s1)CNCC2. The average Bonchev–Trinajstić information content (AvgIpc) is 2.73. The van der Waals surface area contributed by atoms with Gasteiger partial charge in [-0.1, -0.05) is 34.1 Å². The van der Waals surface area contributed by atoms with Crippen LogP contribution in [0, 0.1) is 0 Å². The molecule has 4 heteroatoms. The Morgan fingerprint density at radius 1 is 1.31 bits per heavy atom. The van der Waals surface area contributed by atoms with E-state index in [0.29, 0.717) is 0 Å². The molecule has 0 saturated carbocycles. The molecule has 0 fully saturated rings. The molecule has 0 saturated heterocycles. The van der Waals surface area contributed by atoms with E-state index in [1.807, 2.05) is 6.07 Å². The Labute approximate surface area is 107 Å². The first-order valence-corrected chi connectivity index (χ1v) is 6.90. The Morgan fingerprint density at radius 2 is 2.19 bits per heavy atom. The zero-order chi connectivity index (χ0) is 11.0. The zero-order valence-electron chi connectivity index (χ0n) is 8.66. The van der Waals surface area contributed by atoms with Crippen molar-refractivity contribution in [3.63, 3.8) is 0 Å². The molecular weight excluding hydrogens is 284 g/mol. The summed E-state index contributed by atoms with van der Waals surface area (Å²) in [6.45, 7) is 2.02. The van der Waals surface area contributed by atoms with Crippen LogP contribution < -0.4 is 5.32 Å². The summed E-state index contributed by atoms with van der Waals surface area (Å²) in [5.41, 5.74) is 2.47. The lowest BCUT2D eigenvalue weighted by Crippen LogP contribution is -2.22. The highest BCUT2D eigenvalue weighted by Crippen LogP contribution is 2.33. The van der Waals surface area contributed by atoms with Crippen LogP contribution in [0.2, 0.25) is 0 Å². The third kappa shape index (κ3) is 1.81. The molecule has 1 aromatic carbocycles. The predicted molar refractivity (Wildman–Crippen MR) is 70.7 cm³/mol. The van der Waals surface area contributed by atoms with Crippen LogP contribution in [0.15, 0.2) is 28.7 Å². The van der Waals surface area contributed by atoms with Gasteiger partial charge in [-0.05, 0) is 6.07 Å². The first-order valence-electron chi connectivity index (χ1n) is 5.29. The van der Waals surface area contributed by atoms with Gasteiger partial charge < -0.3 is 5.32 Å². The quantitative estimate of drug-likeness (QED) is 0.874. The fourth-order valence-electron chi connectivity index (χ4n) is 1.88. The lowest BCUT2D eigenvalue weighted by atomic mass is 10.2. The van der Waals surface area contributed by atoms with Crippen molar-refractivity contribution in [1.29, 1.82) is 0 Å². The van der Waals surface area contributed by atoms with Crippen molar-refractivity contribution in [1.82, 2.24) is 10.3 Å². The molecule has 0 atom stereocenters. The molecule has 1 aromatic heterocycles. The number of hydrogen-bond acceptors (Lipinski definition) is 3. The molecular formula is C12H11BrN2S. The van der Waals surface area contributed by atoms with Gasteiger partial charge in [0.25, 0.3) is 0 Å². The monoisotopic (exact) mass is 294 g/mol. The number of thiazole rings is 1. The van der Waals surface area contributed by atoms with Gasteiger partial charge in [-0.25, -0.2) is 4.98 Å². The number of rotatable bonds is 1. The normalized spacial score (nSPS) is 14.8. The largest absolute Gasteiger partial charge is 0.311 e. The van der Waals surface area contributed by atoms with Crippen LogP contribution >= 0.6 is 27.3 Å². The Balaban J connectivity index is 2.07. The molecule has 16 heavy (non-hydrogen) atoms. The molecule has 2 aromatic rings. The summed E-state index contributed by atoms with van der Waals surface area (Å²) in [6.07, 6.45) is 1.05. The molecule has 0 radical (unpaired) electrons. The van der Waals surface area contributed by atoms with E-state index in [1.165, 1.54) is 16.1 Å². The molecule has 1 aliphatic rings. The van der Waals surface area contributed by atoms with Gasteiger partial charge >= 0.3 is 0 Å². The minimum atomic E-state index is 0.970. The second kappa shape index (κ2) is 4.28. The van der Waals surface area contributed by atoms with E-state index in [4.69, 9.17) is 4.98 Å². The van der Waals surface area contributed by atoms with Gasteiger partial charge in [0, 0.05) is 34.4 Å². The fourth-order valence-corrected chi connectivity index (χ4v) is 3.60. The van der Waals surface area contributed by atoms with Crippen LogP contribution in [0.4, 0.5) is 0 Å². The first-order chi connectivity index (χ1) is 7.84. The van der Waals surface area contributed by atoms with Crippen LogP contribution in [0.5, 0.6) is 0 Å². The van der Waals surface area contributed by atoms with Crippen molar-refractivity contribution < 1.29 is 0 Å². The van der Waals surface area contributed by atoms with Crippen LogP contribution in [-0.2, 0) is 13.0 Å². The van der Waals surface area contributed by atoms with Gasteiger partial charge in [0.2, 0.25) is 0 Å². The Kier molecular flexibility index (Phi) is 2.79. The summed E-state index contributed by atoms with van der Waals surface area (Å²) in [5, 5.41) is 4.51. The number of nitrogens with one attached hydrogen (secondary N) is 1. The molecule has 0 bridgehead atoms. The van der Waals surface area contributed by atoms with E-state index >= 15 is 0 Å². The molecule has 1 N–H and O–H groups in total. The molecule has 1 aliphatic heterocycles. The van der Waals surface area contributed by atoms with Gasteiger partial charge in [0.05, 0.1) is 5.69 Å². The lowest BCUT2D eigenvalue weighted by Gasteiger charge is -2.09. The molecule has 82 valence electrons. The molecule has 0 unspecified atom stereocenters. The maximum absolute atomic E-state index is 4.73. The predicted octanol–water partition coefficient (Wildman–Crippen LogP) is 3.22. The molecule has 3 rings (SSSR count). The molecule has 2 nitrogen and oxygen atoms in total.